The molecule has 3 aliphatic heterocycles. The predicted molar refractivity (Wildman–Crippen MR) is 214 cm³/mol. The highest BCUT2D eigenvalue weighted by atomic mass is 15.3. The van der Waals surface area contributed by atoms with E-state index >= 15 is 0 Å². The second kappa shape index (κ2) is 17.7. The van der Waals surface area contributed by atoms with Crippen molar-refractivity contribution in [3.63, 3.8) is 0 Å². The molecule has 1 unspecified atom stereocenters. The molecule has 1 atom stereocenters. The third-order valence-electron chi connectivity index (χ3n) is 10.1. The van der Waals surface area contributed by atoms with Crippen molar-refractivity contribution in [2.75, 3.05) is 61.0 Å². The number of piperazine rings is 1. The second-order valence-corrected chi connectivity index (χ2v) is 13.0. The largest absolute Gasteiger partial charge is 0.391 e. The highest BCUT2D eigenvalue weighted by molar-refractivity contribution is 6.18. The van der Waals surface area contributed by atoms with Crippen LogP contribution >= 0.6 is 0 Å². The average Bonchev–Trinajstić information content (AvgIpc) is 3.55. The fourth-order valence-electron chi connectivity index (χ4n) is 7.23. The van der Waals surface area contributed by atoms with E-state index in [0.29, 0.717) is 23.4 Å². The first-order valence-corrected chi connectivity index (χ1v) is 18.3. The molecule has 3 N–H and O–H groups in total. The van der Waals surface area contributed by atoms with E-state index in [1.165, 1.54) is 29.8 Å². The summed E-state index contributed by atoms with van der Waals surface area (Å²) in [5.74, 6) is 0.304. The molecular formula is C43H55N7. The summed E-state index contributed by atoms with van der Waals surface area (Å²) in [7, 11) is 1.95. The minimum absolute atomic E-state index is 0.304. The first-order valence-electron chi connectivity index (χ1n) is 18.3. The number of nitrogens with zero attached hydrogens (tertiary/aromatic N) is 4. The highest BCUT2D eigenvalue weighted by Gasteiger charge is 2.28. The van der Waals surface area contributed by atoms with Gasteiger partial charge in [-0.3, -0.25) is 10.3 Å². The van der Waals surface area contributed by atoms with Crippen LogP contribution in [0.15, 0.2) is 128 Å². The van der Waals surface area contributed by atoms with Gasteiger partial charge in [-0.25, -0.2) is 0 Å². The van der Waals surface area contributed by atoms with Gasteiger partial charge >= 0.3 is 0 Å². The Morgan fingerprint density at radius 2 is 1.42 bits per heavy atom. The average molecular weight is 670 g/mol. The van der Waals surface area contributed by atoms with Crippen molar-refractivity contribution in [1.29, 1.82) is 10.8 Å². The molecule has 0 radical (unpaired) electrons. The lowest BCUT2D eigenvalue weighted by atomic mass is 9.91. The van der Waals surface area contributed by atoms with Crippen molar-refractivity contribution >= 4 is 28.5 Å². The van der Waals surface area contributed by atoms with Gasteiger partial charge in [-0.15, -0.1) is 6.58 Å². The SMILES string of the molecule is C=CCCC(C(=C)NC)c1ccc(N2CCC(N3CCN(c4ccc(N5C=CC(=N)/C5=C\C(=N)c5ccccc5)cc4)CC3)CC2)cc1.CC. The standard InChI is InChI=1S/C41H49N7.C2H6/c1-4-5-11-38(31(2)44-3)32-12-14-34(15-13-32)45-23-20-36(21-24-45)47-28-26-46(27-29-47)35-16-18-37(19-17-35)48-25-22-39(42)41(48)30-40(43)33-9-7-6-8-10-33;1-2/h4,6-10,12-19,22,25,30,36,38,42-44H,1-2,5,11,20-21,23-24,26-29H2,3H3;1-2H3/b41-30+,42-39?,43-40?;. The molecule has 0 aromatic heterocycles. The molecule has 2 saturated heterocycles. The van der Waals surface area contributed by atoms with Gasteiger partial charge in [0.05, 0.1) is 17.1 Å². The first kappa shape index (κ1) is 36.4. The smallest absolute Gasteiger partial charge is 0.0795 e. The lowest BCUT2D eigenvalue weighted by molar-refractivity contribution is 0.160. The predicted octanol–water partition coefficient (Wildman–Crippen LogP) is 8.59. The van der Waals surface area contributed by atoms with Gasteiger partial charge < -0.3 is 25.4 Å². The van der Waals surface area contributed by atoms with Gasteiger partial charge in [0, 0.05) is 87.2 Å². The van der Waals surface area contributed by atoms with Crippen molar-refractivity contribution < 1.29 is 0 Å². The monoisotopic (exact) mass is 669 g/mol. The van der Waals surface area contributed by atoms with E-state index in [1.54, 1.807) is 12.2 Å². The quantitative estimate of drug-likeness (QED) is 0.133. The molecule has 0 saturated carbocycles. The molecule has 0 amide bonds. The summed E-state index contributed by atoms with van der Waals surface area (Å²) < 4.78 is 0. The zero-order valence-electron chi connectivity index (χ0n) is 30.2. The minimum atomic E-state index is 0.304. The zero-order chi connectivity index (χ0) is 35.5. The molecule has 7 heteroatoms. The first-order chi connectivity index (χ1) is 24.4. The third-order valence-corrected chi connectivity index (χ3v) is 10.1. The number of piperidine rings is 1. The van der Waals surface area contributed by atoms with Crippen molar-refractivity contribution in [1.82, 2.24) is 10.2 Å². The molecule has 3 aromatic rings. The number of benzene rings is 3. The van der Waals surface area contributed by atoms with Gasteiger partial charge in [0.15, 0.2) is 0 Å². The molecule has 0 aliphatic carbocycles. The number of likely N-dealkylation sites (N-methyl/N-ethyl adjacent to an activating group) is 1. The van der Waals surface area contributed by atoms with Crippen molar-refractivity contribution in [2.45, 2.75) is 51.5 Å². The fraction of sp³-hybridized carbons (Fsp3) is 0.349. The van der Waals surface area contributed by atoms with Crippen LogP contribution in [0.25, 0.3) is 0 Å². The molecule has 6 rings (SSSR count). The van der Waals surface area contributed by atoms with Crippen LogP contribution in [0.4, 0.5) is 17.1 Å². The Kier molecular flexibility index (Phi) is 12.9. The molecule has 2 fully saturated rings. The topological polar surface area (TPSA) is 72.7 Å². The van der Waals surface area contributed by atoms with Crippen LogP contribution < -0.4 is 20.0 Å². The van der Waals surface area contributed by atoms with E-state index in [-0.39, 0.29) is 0 Å². The van der Waals surface area contributed by atoms with E-state index in [4.69, 9.17) is 10.8 Å². The zero-order valence-corrected chi connectivity index (χ0v) is 30.2. The van der Waals surface area contributed by atoms with Crippen molar-refractivity contribution in [3.8, 4) is 0 Å². The Morgan fingerprint density at radius 1 is 0.840 bits per heavy atom. The van der Waals surface area contributed by atoms with Crippen LogP contribution in [0.2, 0.25) is 0 Å². The molecular weight excluding hydrogens is 615 g/mol. The summed E-state index contributed by atoms with van der Waals surface area (Å²) in [5.41, 5.74) is 8.32. The summed E-state index contributed by atoms with van der Waals surface area (Å²) in [6.45, 7) is 18.6. The van der Waals surface area contributed by atoms with Crippen molar-refractivity contribution in [2.24, 2.45) is 0 Å². The normalized spacial score (nSPS) is 18.1. The summed E-state index contributed by atoms with van der Waals surface area (Å²) in [6, 6.07) is 28.1. The summed E-state index contributed by atoms with van der Waals surface area (Å²) in [4.78, 5) is 9.75. The lowest BCUT2D eigenvalue weighted by Crippen LogP contribution is -2.53. The van der Waals surface area contributed by atoms with Crippen LogP contribution in [0.1, 0.15) is 56.6 Å². The lowest BCUT2D eigenvalue weighted by Gasteiger charge is -2.44. The molecule has 3 heterocycles. The molecule has 3 aliphatic rings. The Hall–Kier alpha value is -4.88. The third kappa shape index (κ3) is 8.64. The van der Waals surface area contributed by atoms with E-state index in [1.807, 2.05) is 68.4 Å². The van der Waals surface area contributed by atoms with E-state index < -0.39 is 0 Å². The molecule has 7 nitrogen and oxygen atoms in total. The van der Waals surface area contributed by atoms with Crippen LogP contribution in [-0.4, -0.2) is 68.7 Å². The van der Waals surface area contributed by atoms with E-state index in [9.17, 15) is 0 Å². The Bertz CT molecular complexity index is 1640. The van der Waals surface area contributed by atoms with E-state index in [0.717, 1.165) is 74.8 Å². The van der Waals surface area contributed by atoms with E-state index in [2.05, 4.69) is 81.7 Å². The van der Waals surface area contributed by atoms with Gasteiger partial charge in [0.2, 0.25) is 0 Å². The molecule has 0 spiro atoms. The maximum Gasteiger partial charge on any atom is 0.0795 e. The van der Waals surface area contributed by atoms with Crippen LogP contribution in [0, 0.1) is 10.8 Å². The number of hydrogen-bond acceptors (Lipinski definition) is 7. The van der Waals surface area contributed by atoms with Gasteiger partial charge in [-0.05, 0) is 85.4 Å². The second-order valence-electron chi connectivity index (χ2n) is 13.0. The fourth-order valence-corrected chi connectivity index (χ4v) is 7.23. The maximum atomic E-state index is 8.55. The van der Waals surface area contributed by atoms with Crippen molar-refractivity contribution in [3.05, 3.63) is 139 Å². The number of hydrogen-bond donors (Lipinski definition) is 3. The number of anilines is 3. The minimum Gasteiger partial charge on any atom is -0.391 e. The summed E-state index contributed by atoms with van der Waals surface area (Å²) >= 11 is 0. The molecule has 50 heavy (non-hydrogen) atoms. The number of nitrogens with one attached hydrogen (secondary N) is 3. The van der Waals surface area contributed by atoms with Crippen LogP contribution in [0.5, 0.6) is 0 Å². The summed E-state index contributed by atoms with van der Waals surface area (Å²) in [6.07, 6.45) is 11.9. The van der Waals surface area contributed by atoms with Gasteiger partial charge in [-0.1, -0.05) is 69.0 Å². The van der Waals surface area contributed by atoms with Crippen LogP contribution in [0.3, 0.4) is 0 Å². The molecule has 262 valence electrons. The van der Waals surface area contributed by atoms with Gasteiger partial charge in [0.1, 0.15) is 0 Å². The number of rotatable bonds is 12. The Morgan fingerprint density at radius 3 is 2.02 bits per heavy atom. The molecule has 0 bridgehead atoms. The van der Waals surface area contributed by atoms with Crippen LogP contribution in [-0.2, 0) is 0 Å². The van der Waals surface area contributed by atoms with Gasteiger partial charge in [0.25, 0.3) is 0 Å². The Balaban J connectivity index is 0.00000239. The van der Waals surface area contributed by atoms with Gasteiger partial charge in [-0.2, -0.15) is 0 Å². The summed E-state index contributed by atoms with van der Waals surface area (Å²) in [5, 5.41) is 20.3. The molecule has 3 aromatic carbocycles. The Labute approximate surface area is 300 Å². The highest BCUT2D eigenvalue weighted by Crippen LogP contribution is 2.31. The number of allylic oxidation sites excluding steroid dienone is 4. The maximum absolute atomic E-state index is 8.55.